The van der Waals surface area contributed by atoms with Crippen molar-refractivity contribution in [3.8, 4) is 0 Å². The Morgan fingerprint density at radius 2 is 1.93 bits per heavy atom. The molecule has 0 radical (unpaired) electrons. The second-order valence-electron chi connectivity index (χ2n) is 7.61. The Balaban J connectivity index is 1.30. The number of amides is 1. The number of aromatic nitrogens is 4. The van der Waals surface area contributed by atoms with Crippen molar-refractivity contribution in [2.24, 2.45) is 0 Å². The van der Waals surface area contributed by atoms with Crippen molar-refractivity contribution in [2.45, 2.75) is 25.7 Å². The molecule has 5 rings (SSSR count). The Kier molecular flexibility index (Phi) is 4.71. The minimum atomic E-state index is 0.0430. The molecule has 3 aromatic rings. The molecule has 29 heavy (non-hydrogen) atoms. The molecule has 2 aliphatic rings. The van der Waals surface area contributed by atoms with Crippen LogP contribution in [0.3, 0.4) is 0 Å². The van der Waals surface area contributed by atoms with E-state index in [-0.39, 0.29) is 5.91 Å². The largest absolute Gasteiger partial charge is 0.351 e. The summed E-state index contributed by atoms with van der Waals surface area (Å²) in [6.45, 7) is 2.93. The van der Waals surface area contributed by atoms with Crippen molar-refractivity contribution >= 4 is 23.3 Å². The van der Waals surface area contributed by atoms with Crippen molar-refractivity contribution in [1.29, 1.82) is 0 Å². The first kappa shape index (κ1) is 17.8. The molecule has 7 nitrogen and oxygen atoms in total. The molecule has 4 heterocycles. The molecule has 7 heteroatoms. The molecule has 1 aliphatic carbocycles. The Morgan fingerprint density at radius 1 is 1.07 bits per heavy atom. The Bertz CT molecular complexity index is 1050. The van der Waals surface area contributed by atoms with Gasteiger partial charge in [0.25, 0.3) is 0 Å². The van der Waals surface area contributed by atoms with Gasteiger partial charge in [-0.1, -0.05) is 6.07 Å². The summed E-state index contributed by atoms with van der Waals surface area (Å²) in [5, 5.41) is 4.78. The van der Waals surface area contributed by atoms with Crippen LogP contribution < -0.4 is 4.90 Å². The number of piperazine rings is 1. The van der Waals surface area contributed by atoms with Gasteiger partial charge in [-0.05, 0) is 43.4 Å². The van der Waals surface area contributed by atoms with E-state index in [4.69, 9.17) is 10.1 Å². The van der Waals surface area contributed by atoms with Crippen LogP contribution in [-0.4, -0.2) is 56.6 Å². The number of hydrogen-bond donors (Lipinski definition) is 0. The minimum absolute atomic E-state index is 0.0430. The molecule has 0 spiro atoms. The van der Waals surface area contributed by atoms with Crippen LogP contribution >= 0.6 is 0 Å². The molecule has 1 amide bonds. The van der Waals surface area contributed by atoms with E-state index in [1.165, 1.54) is 24.1 Å². The van der Waals surface area contributed by atoms with Gasteiger partial charge in [-0.3, -0.25) is 9.78 Å². The molecule has 0 aromatic carbocycles. The van der Waals surface area contributed by atoms with E-state index < -0.39 is 0 Å². The Hall–Kier alpha value is -3.22. The van der Waals surface area contributed by atoms with Crippen LogP contribution in [0.4, 0.5) is 5.82 Å². The van der Waals surface area contributed by atoms with Gasteiger partial charge in [0.2, 0.25) is 5.91 Å². The first-order valence-electron chi connectivity index (χ1n) is 10.3. The monoisotopic (exact) mass is 388 g/mol. The molecule has 1 saturated heterocycles. The number of aryl methyl sites for hydroxylation is 2. The zero-order valence-electron chi connectivity index (χ0n) is 16.4. The van der Waals surface area contributed by atoms with Gasteiger partial charge in [-0.2, -0.15) is 5.10 Å². The van der Waals surface area contributed by atoms with E-state index in [0.717, 1.165) is 42.8 Å². The number of hydrogen-bond acceptors (Lipinski definition) is 5. The van der Waals surface area contributed by atoms with Crippen LogP contribution in [0.1, 0.15) is 29.7 Å². The van der Waals surface area contributed by atoms with Gasteiger partial charge in [0.1, 0.15) is 5.52 Å². The standard InChI is InChI=1S/C22H24N6O/c29-20(8-7-17-4-3-9-23-16-17)26-12-14-27(15-13-26)22-21-18-5-1-2-6-19(18)25-28(21)11-10-24-22/h3-4,7-11,16H,1-2,5-6,12-15H2/b8-7+. The van der Waals surface area contributed by atoms with E-state index in [1.807, 2.05) is 40.0 Å². The van der Waals surface area contributed by atoms with Crippen molar-refractivity contribution < 1.29 is 4.79 Å². The summed E-state index contributed by atoms with van der Waals surface area (Å²) >= 11 is 0. The normalized spacial score (nSPS) is 17.1. The van der Waals surface area contributed by atoms with E-state index in [9.17, 15) is 4.79 Å². The number of rotatable bonds is 3. The number of carbonyl (C=O) groups excluding carboxylic acids is 1. The molecule has 0 unspecified atom stereocenters. The van der Waals surface area contributed by atoms with Crippen molar-refractivity contribution in [1.82, 2.24) is 24.5 Å². The number of carbonyl (C=O) groups is 1. The summed E-state index contributed by atoms with van der Waals surface area (Å²) in [7, 11) is 0. The SMILES string of the molecule is O=C(/C=C/c1cccnc1)N1CCN(c2nccn3nc4c(c23)CCCC4)CC1. The third-order valence-corrected chi connectivity index (χ3v) is 5.79. The lowest BCUT2D eigenvalue weighted by Gasteiger charge is -2.35. The van der Waals surface area contributed by atoms with Gasteiger partial charge in [0, 0.05) is 62.6 Å². The summed E-state index contributed by atoms with van der Waals surface area (Å²) in [6, 6.07) is 3.80. The zero-order valence-corrected chi connectivity index (χ0v) is 16.4. The lowest BCUT2D eigenvalue weighted by atomic mass is 9.97. The first-order chi connectivity index (χ1) is 14.3. The summed E-state index contributed by atoms with van der Waals surface area (Å²) in [6.07, 6.45) is 15.3. The smallest absolute Gasteiger partial charge is 0.246 e. The molecule has 1 fully saturated rings. The predicted octanol–water partition coefficient (Wildman–Crippen LogP) is 2.37. The lowest BCUT2D eigenvalue weighted by molar-refractivity contribution is -0.126. The van der Waals surface area contributed by atoms with Crippen LogP contribution in [0, 0.1) is 0 Å². The van der Waals surface area contributed by atoms with Gasteiger partial charge < -0.3 is 9.80 Å². The lowest BCUT2D eigenvalue weighted by Crippen LogP contribution is -2.48. The quantitative estimate of drug-likeness (QED) is 0.645. The fraction of sp³-hybridized carbons (Fsp3) is 0.364. The maximum Gasteiger partial charge on any atom is 0.246 e. The van der Waals surface area contributed by atoms with E-state index >= 15 is 0 Å². The number of fused-ring (bicyclic) bond motifs is 3. The average Bonchev–Trinajstić information content (AvgIpc) is 3.17. The highest BCUT2D eigenvalue weighted by molar-refractivity contribution is 5.92. The third kappa shape index (κ3) is 3.48. The van der Waals surface area contributed by atoms with Gasteiger partial charge >= 0.3 is 0 Å². The van der Waals surface area contributed by atoms with Crippen molar-refractivity contribution in [2.75, 3.05) is 31.1 Å². The fourth-order valence-electron chi connectivity index (χ4n) is 4.26. The minimum Gasteiger partial charge on any atom is -0.351 e. The summed E-state index contributed by atoms with van der Waals surface area (Å²) in [5.74, 6) is 1.04. The highest BCUT2D eigenvalue weighted by Crippen LogP contribution is 2.30. The van der Waals surface area contributed by atoms with Crippen LogP contribution in [0.2, 0.25) is 0 Å². The van der Waals surface area contributed by atoms with Gasteiger partial charge in [-0.25, -0.2) is 9.50 Å². The van der Waals surface area contributed by atoms with E-state index in [2.05, 4.69) is 9.88 Å². The van der Waals surface area contributed by atoms with Crippen LogP contribution in [0.25, 0.3) is 11.6 Å². The van der Waals surface area contributed by atoms with Gasteiger partial charge in [0.05, 0.1) is 5.69 Å². The van der Waals surface area contributed by atoms with Gasteiger partial charge in [-0.15, -0.1) is 0 Å². The number of pyridine rings is 1. The fourth-order valence-corrected chi connectivity index (χ4v) is 4.26. The highest BCUT2D eigenvalue weighted by Gasteiger charge is 2.25. The maximum atomic E-state index is 12.5. The second kappa shape index (κ2) is 7.66. The Labute approximate surface area is 169 Å². The topological polar surface area (TPSA) is 66.6 Å². The molecular weight excluding hydrogens is 364 g/mol. The molecule has 1 aliphatic heterocycles. The van der Waals surface area contributed by atoms with Crippen molar-refractivity contribution in [3.05, 3.63) is 59.8 Å². The number of nitrogens with zero attached hydrogens (tertiary/aromatic N) is 6. The molecular formula is C22H24N6O. The summed E-state index contributed by atoms with van der Waals surface area (Å²) < 4.78 is 1.99. The predicted molar refractivity (Wildman–Crippen MR) is 112 cm³/mol. The zero-order chi connectivity index (χ0) is 19.6. The molecule has 0 saturated carbocycles. The van der Waals surface area contributed by atoms with E-state index in [0.29, 0.717) is 13.1 Å². The van der Waals surface area contributed by atoms with Crippen LogP contribution in [-0.2, 0) is 17.6 Å². The number of anilines is 1. The van der Waals surface area contributed by atoms with Crippen LogP contribution in [0.5, 0.6) is 0 Å². The highest BCUT2D eigenvalue weighted by atomic mass is 16.2. The third-order valence-electron chi connectivity index (χ3n) is 5.79. The second-order valence-corrected chi connectivity index (χ2v) is 7.61. The maximum absolute atomic E-state index is 12.5. The molecule has 148 valence electrons. The molecule has 0 atom stereocenters. The molecule has 3 aromatic heterocycles. The Morgan fingerprint density at radius 3 is 2.76 bits per heavy atom. The van der Waals surface area contributed by atoms with E-state index in [1.54, 1.807) is 18.5 Å². The molecule has 0 N–H and O–H groups in total. The van der Waals surface area contributed by atoms with Crippen LogP contribution in [0.15, 0.2) is 43.0 Å². The summed E-state index contributed by atoms with van der Waals surface area (Å²) in [4.78, 5) is 25.5. The molecule has 0 bridgehead atoms. The average molecular weight is 388 g/mol. The van der Waals surface area contributed by atoms with Crippen molar-refractivity contribution in [3.63, 3.8) is 0 Å². The summed E-state index contributed by atoms with van der Waals surface area (Å²) in [5.41, 5.74) is 4.66. The van der Waals surface area contributed by atoms with Gasteiger partial charge in [0.15, 0.2) is 5.82 Å². The first-order valence-corrected chi connectivity index (χ1v) is 10.3.